The second-order valence-corrected chi connectivity index (χ2v) is 4.25. The maximum Gasteiger partial charge on any atom is 0.312 e. The third-order valence-electron chi connectivity index (χ3n) is 3.05. The monoisotopic (exact) mass is 228 g/mol. The van der Waals surface area contributed by atoms with Crippen LogP contribution in [0.5, 0.6) is 0 Å². The number of nitrogens with two attached hydrogens (primary N) is 1. The van der Waals surface area contributed by atoms with E-state index in [0.29, 0.717) is 6.54 Å². The largest absolute Gasteiger partial charge is 0.352 e. The highest BCUT2D eigenvalue weighted by Gasteiger charge is 2.30. The lowest BCUT2D eigenvalue weighted by Gasteiger charge is -2.39. The molecule has 0 bridgehead atoms. The van der Waals surface area contributed by atoms with Crippen LogP contribution in [0.2, 0.25) is 0 Å². The average molecular weight is 228 g/mol. The fourth-order valence-electron chi connectivity index (χ4n) is 1.89. The van der Waals surface area contributed by atoms with Gasteiger partial charge in [-0.15, -0.1) is 0 Å². The standard InChI is InChI=1S/C10H20N4O2/c1-6-8(3)14(5-4-12-6)9(15)7(2)13-10(11)16/h6-8,12H,4-5H2,1-3H3,(H3,11,13,16). The quantitative estimate of drug-likeness (QED) is 0.581. The van der Waals surface area contributed by atoms with Crippen LogP contribution in [0.25, 0.3) is 0 Å². The van der Waals surface area contributed by atoms with E-state index in [9.17, 15) is 9.59 Å². The molecule has 4 N–H and O–H groups in total. The third-order valence-corrected chi connectivity index (χ3v) is 3.05. The molecule has 92 valence electrons. The first-order chi connectivity index (χ1) is 7.43. The van der Waals surface area contributed by atoms with Gasteiger partial charge in [0, 0.05) is 25.2 Å². The number of carbonyl (C=O) groups excluding carboxylic acids is 2. The van der Waals surface area contributed by atoms with E-state index >= 15 is 0 Å². The van der Waals surface area contributed by atoms with Crippen molar-refractivity contribution in [1.29, 1.82) is 0 Å². The summed E-state index contributed by atoms with van der Waals surface area (Å²) in [7, 11) is 0. The number of urea groups is 1. The third kappa shape index (κ3) is 2.85. The minimum absolute atomic E-state index is 0.0837. The molecule has 3 amide bonds. The van der Waals surface area contributed by atoms with Crippen molar-refractivity contribution in [2.24, 2.45) is 5.73 Å². The molecular formula is C10H20N4O2. The van der Waals surface area contributed by atoms with Crippen molar-refractivity contribution < 1.29 is 9.59 Å². The summed E-state index contributed by atoms with van der Waals surface area (Å²) in [6.07, 6.45) is 0. The van der Waals surface area contributed by atoms with Crippen LogP contribution in [-0.4, -0.2) is 48.1 Å². The Bertz CT molecular complexity index is 282. The van der Waals surface area contributed by atoms with E-state index in [0.717, 1.165) is 6.54 Å². The number of piperazine rings is 1. The van der Waals surface area contributed by atoms with Crippen LogP contribution >= 0.6 is 0 Å². The first kappa shape index (κ1) is 12.8. The highest BCUT2D eigenvalue weighted by atomic mass is 16.2. The maximum atomic E-state index is 12.0. The molecule has 0 aromatic heterocycles. The summed E-state index contributed by atoms with van der Waals surface area (Å²) in [6.45, 7) is 7.12. The van der Waals surface area contributed by atoms with E-state index in [1.165, 1.54) is 0 Å². The predicted molar refractivity (Wildman–Crippen MR) is 60.8 cm³/mol. The normalized spacial score (nSPS) is 27.3. The van der Waals surface area contributed by atoms with E-state index in [1.54, 1.807) is 11.8 Å². The molecule has 0 radical (unpaired) electrons. The molecule has 1 aliphatic heterocycles. The fourth-order valence-corrected chi connectivity index (χ4v) is 1.89. The number of primary amides is 1. The lowest BCUT2D eigenvalue weighted by atomic mass is 10.1. The molecule has 0 aromatic rings. The number of nitrogens with zero attached hydrogens (tertiary/aromatic N) is 1. The summed E-state index contributed by atoms with van der Waals surface area (Å²) in [5, 5.41) is 5.69. The van der Waals surface area contributed by atoms with Gasteiger partial charge in [0.05, 0.1) is 0 Å². The van der Waals surface area contributed by atoms with Gasteiger partial charge in [-0.1, -0.05) is 0 Å². The highest BCUT2D eigenvalue weighted by molar-refractivity contribution is 5.86. The van der Waals surface area contributed by atoms with Gasteiger partial charge in [-0.25, -0.2) is 4.79 Å². The van der Waals surface area contributed by atoms with Gasteiger partial charge >= 0.3 is 6.03 Å². The van der Waals surface area contributed by atoms with Crippen LogP contribution in [0, 0.1) is 0 Å². The summed E-state index contributed by atoms with van der Waals surface area (Å²) < 4.78 is 0. The maximum absolute atomic E-state index is 12.0. The molecular weight excluding hydrogens is 208 g/mol. The Labute approximate surface area is 95.5 Å². The van der Waals surface area contributed by atoms with Crippen LogP contribution in [0.15, 0.2) is 0 Å². The van der Waals surface area contributed by atoms with E-state index in [4.69, 9.17) is 5.73 Å². The number of amides is 3. The zero-order valence-electron chi connectivity index (χ0n) is 9.99. The molecule has 3 unspecified atom stereocenters. The first-order valence-corrected chi connectivity index (χ1v) is 5.53. The lowest BCUT2D eigenvalue weighted by Crippen LogP contribution is -2.60. The van der Waals surface area contributed by atoms with Gasteiger partial charge in [0.2, 0.25) is 5.91 Å². The van der Waals surface area contributed by atoms with Crippen molar-refractivity contribution in [3.8, 4) is 0 Å². The van der Waals surface area contributed by atoms with Crippen molar-refractivity contribution in [3.05, 3.63) is 0 Å². The number of hydrogen-bond acceptors (Lipinski definition) is 3. The molecule has 16 heavy (non-hydrogen) atoms. The highest BCUT2D eigenvalue weighted by Crippen LogP contribution is 2.10. The summed E-state index contributed by atoms with van der Waals surface area (Å²) in [5.41, 5.74) is 4.99. The minimum Gasteiger partial charge on any atom is -0.352 e. The molecule has 0 saturated carbocycles. The fraction of sp³-hybridized carbons (Fsp3) is 0.800. The van der Waals surface area contributed by atoms with Crippen molar-refractivity contribution in [2.45, 2.75) is 38.9 Å². The molecule has 0 aromatic carbocycles. The number of rotatable bonds is 2. The Hall–Kier alpha value is -1.30. The molecule has 1 fully saturated rings. The predicted octanol–water partition coefficient (Wildman–Crippen LogP) is -0.748. The average Bonchev–Trinajstić information content (AvgIpc) is 2.20. The van der Waals surface area contributed by atoms with Crippen LogP contribution in [0.1, 0.15) is 20.8 Å². The lowest BCUT2D eigenvalue weighted by molar-refractivity contribution is -0.136. The van der Waals surface area contributed by atoms with Crippen molar-refractivity contribution in [2.75, 3.05) is 13.1 Å². The van der Waals surface area contributed by atoms with Gasteiger partial charge in [0.1, 0.15) is 6.04 Å². The van der Waals surface area contributed by atoms with Crippen molar-refractivity contribution in [3.63, 3.8) is 0 Å². The number of nitrogens with one attached hydrogen (secondary N) is 2. The number of carbonyl (C=O) groups is 2. The van der Waals surface area contributed by atoms with Gasteiger partial charge in [-0.05, 0) is 20.8 Å². The van der Waals surface area contributed by atoms with Crippen LogP contribution in [-0.2, 0) is 4.79 Å². The van der Waals surface area contributed by atoms with Crippen LogP contribution in [0.4, 0.5) is 4.79 Å². The first-order valence-electron chi connectivity index (χ1n) is 5.53. The molecule has 6 nitrogen and oxygen atoms in total. The summed E-state index contributed by atoms with van der Waals surface area (Å²) in [4.78, 5) is 24.5. The smallest absolute Gasteiger partial charge is 0.312 e. The zero-order chi connectivity index (χ0) is 12.3. The molecule has 1 heterocycles. The van der Waals surface area contributed by atoms with Gasteiger partial charge in [-0.3, -0.25) is 4.79 Å². The Balaban J connectivity index is 2.61. The zero-order valence-corrected chi connectivity index (χ0v) is 9.99. The van der Waals surface area contributed by atoms with E-state index in [1.807, 2.05) is 13.8 Å². The molecule has 6 heteroatoms. The van der Waals surface area contributed by atoms with Gasteiger partial charge in [0.15, 0.2) is 0 Å². The second kappa shape index (κ2) is 5.16. The van der Waals surface area contributed by atoms with E-state index in [-0.39, 0.29) is 18.0 Å². The minimum atomic E-state index is -0.670. The van der Waals surface area contributed by atoms with E-state index in [2.05, 4.69) is 10.6 Å². The van der Waals surface area contributed by atoms with Gasteiger partial charge in [-0.2, -0.15) is 0 Å². The van der Waals surface area contributed by atoms with Crippen LogP contribution in [0.3, 0.4) is 0 Å². The molecule has 0 aliphatic carbocycles. The molecule has 3 atom stereocenters. The SMILES string of the molecule is CC(NC(N)=O)C(=O)N1CCNC(C)C1C. The molecule has 1 rings (SSSR count). The van der Waals surface area contributed by atoms with Crippen molar-refractivity contribution in [1.82, 2.24) is 15.5 Å². The Morgan fingerprint density at radius 3 is 2.69 bits per heavy atom. The molecule has 1 saturated heterocycles. The van der Waals surface area contributed by atoms with Gasteiger partial charge < -0.3 is 21.3 Å². The second-order valence-electron chi connectivity index (χ2n) is 4.25. The topological polar surface area (TPSA) is 87.5 Å². The van der Waals surface area contributed by atoms with Crippen LogP contribution < -0.4 is 16.4 Å². The summed E-state index contributed by atoms with van der Waals surface area (Å²) >= 11 is 0. The molecule has 0 spiro atoms. The Morgan fingerprint density at radius 1 is 1.50 bits per heavy atom. The number of hydrogen-bond donors (Lipinski definition) is 3. The summed E-state index contributed by atoms with van der Waals surface area (Å²) in [6, 6.07) is -0.848. The van der Waals surface area contributed by atoms with Gasteiger partial charge in [0.25, 0.3) is 0 Å². The Morgan fingerprint density at radius 2 is 2.12 bits per heavy atom. The molecule has 1 aliphatic rings. The Kier molecular flexibility index (Phi) is 4.12. The summed E-state index contributed by atoms with van der Waals surface area (Å²) in [5.74, 6) is -0.0837. The van der Waals surface area contributed by atoms with E-state index < -0.39 is 12.1 Å². The van der Waals surface area contributed by atoms with Crippen molar-refractivity contribution >= 4 is 11.9 Å².